The van der Waals surface area contributed by atoms with Gasteiger partial charge in [-0.1, -0.05) is 13.8 Å². The summed E-state index contributed by atoms with van der Waals surface area (Å²) in [6.45, 7) is 7.20. The van der Waals surface area contributed by atoms with Gasteiger partial charge in [0.25, 0.3) is 0 Å². The minimum absolute atomic E-state index is 0.0537. The van der Waals surface area contributed by atoms with Gasteiger partial charge in [0, 0.05) is 36.6 Å². The van der Waals surface area contributed by atoms with E-state index in [4.69, 9.17) is 10.5 Å². The molecule has 3 N–H and O–H groups in total. The molecule has 4 rings (SSSR count). The van der Waals surface area contributed by atoms with Crippen molar-refractivity contribution in [2.24, 2.45) is 17.1 Å². The fourth-order valence-electron chi connectivity index (χ4n) is 5.38. The third-order valence-electron chi connectivity index (χ3n) is 6.75. The van der Waals surface area contributed by atoms with Crippen LogP contribution in [0.15, 0.2) is 0 Å². The van der Waals surface area contributed by atoms with E-state index in [9.17, 15) is 4.79 Å². The molecule has 4 aliphatic rings. The van der Waals surface area contributed by atoms with Crippen LogP contribution in [0.25, 0.3) is 0 Å². The Balaban J connectivity index is 1.50. The summed E-state index contributed by atoms with van der Waals surface area (Å²) in [5.74, 6) is 0.242. The van der Waals surface area contributed by atoms with Crippen molar-refractivity contribution in [3.05, 3.63) is 0 Å². The van der Waals surface area contributed by atoms with Gasteiger partial charge >= 0.3 is 0 Å². The third kappa shape index (κ3) is 1.65. The quantitative estimate of drug-likeness (QED) is 0.777. The van der Waals surface area contributed by atoms with E-state index in [0.717, 1.165) is 26.0 Å². The Kier molecular flexibility index (Phi) is 2.95. The molecule has 0 aromatic heterocycles. The van der Waals surface area contributed by atoms with Gasteiger partial charge in [0.15, 0.2) is 0 Å². The van der Waals surface area contributed by atoms with Crippen molar-refractivity contribution in [3.63, 3.8) is 0 Å². The minimum atomic E-state index is -0.764. The molecule has 1 amide bonds. The van der Waals surface area contributed by atoms with Crippen molar-refractivity contribution >= 4 is 5.91 Å². The molecule has 3 heterocycles. The second kappa shape index (κ2) is 4.43. The van der Waals surface area contributed by atoms with Crippen LogP contribution in [-0.2, 0) is 9.53 Å². The van der Waals surface area contributed by atoms with E-state index in [-0.39, 0.29) is 29.4 Å². The van der Waals surface area contributed by atoms with E-state index >= 15 is 0 Å². The second-order valence-electron chi connectivity index (χ2n) is 7.89. The number of nitrogens with one attached hydrogen (secondary N) is 1. The first-order valence-electron chi connectivity index (χ1n) is 8.42. The molecule has 3 saturated heterocycles. The number of hydrogen-bond acceptors (Lipinski definition) is 4. The molecule has 4 fully saturated rings. The summed E-state index contributed by atoms with van der Waals surface area (Å²) in [4.78, 5) is 15.5. The van der Waals surface area contributed by atoms with Crippen molar-refractivity contribution < 1.29 is 9.53 Å². The lowest BCUT2D eigenvalue weighted by Gasteiger charge is -2.60. The monoisotopic (exact) mass is 293 g/mol. The molecule has 0 bridgehead atoms. The van der Waals surface area contributed by atoms with Crippen LogP contribution in [-0.4, -0.2) is 54.2 Å². The molecule has 5 nitrogen and oxygen atoms in total. The lowest BCUT2D eigenvalue weighted by molar-refractivity contribution is -0.176. The number of rotatable bonds is 2. The van der Waals surface area contributed by atoms with Gasteiger partial charge in [-0.25, -0.2) is 0 Å². The van der Waals surface area contributed by atoms with Crippen LogP contribution in [0.5, 0.6) is 0 Å². The van der Waals surface area contributed by atoms with Crippen LogP contribution in [0, 0.1) is 11.3 Å². The highest BCUT2D eigenvalue weighted by Gasteiger charge is 2.71. The smallest absolute Gasteiger partial charge is 0.241 e. The predicted octanol–water partition coefficient (Wildman–Crippen LogP) is 0.482. The number of ether oxygens (including phenoxy) is 1. The molecule has 118 valence electrons. The van der Waals surface area contributed by atoms with Crippen molar-refractivity contribution in [3.8, 4) is 0 Å². The zero-order valence-corrected chi connectivity index (χ0v) is 13.1. The molecule has 5 heteroatoms. The summed E-state index contributed by atoms with van der Waals surface area (Å²) in [5.41, 5.74) is 5.58. The third-order valence-corrected chi connectivity index (χ3v) is 6.75. The average molecular weight is 293 g/mol. The summed E-state index contributed by atoms with van der Waals surface area (Å²) < 4.78 is 5.78. The summed E-state index contributed by atoms with van der Waals surface area (Å²) >= 11 is 0. The van der Waals surface area contributed by atoms with Gasteiger partial charge in [-0.05, 0) is 32.2 Å². The largest absolute Gasteiger partial charge is 0.377 e. The fraction of sp³-hybridized carbons (Fsp3) is 0.938. The number of carbonyl (C=O) groups is 1. The zero-order chi connectivity index (χ0) is 14.8. The Morgan fingerprint density at radius 1 is 1.29 bits per heavy atom. The number of hydrogen-bond donors (Lipinski definition) is 2. The van der Waals surface area contributed by atoms with Crippen LogP contribution in [0.3, 0.4) is 0 Å². The molecule has 0 radical (unpaired) electrons. The highest BCUT2D eigenvalue weighted by atomic mass is 16.5. The van der Waals surface area contributed by atoms with Crippen molar-refractivity contribution in [1.29, 1.82) is 0 Å². The van der Waals surface area contributed by atoms with E-state index in [0.29, 0.717) is 6.04 Å². The maximum atomic E-state index is 12.9. The van der Waals surface area contributed by atoms with E-state index in [1.165, 1.54) is 19.4 Å². The van der Waals surface area contributed by atoms with E-state index in [1.807, 2.05) is 0 Å². The van der Waals surface area contributed by atoms with Crippen molar-refractivity contribution in [2.75, 3.05) is 19.7 Å². The lowest BCUT2D eigenvalue weighted by atomic mass is 9.48. The van der Waals surface area contributed by atoms with Crippen LogP contribution >= 0.6 is 0 Å². The van der Waals surface area contributed by atoms with E-state index in [2.05, 4.69) is 24.1 Å². The van der Waals surface area contributed by atoms with Gasteiger partial charge in [-0.3, -0.25) is 9.69 Å². The Hall–Kier alpha value is -0.650. The highest BCUT2D eigenvalue weighted by molar-refractivity contribution is 5.90. The van der Waals surface area contributed by atoms with E-state index < -0.39 is 5.54 Å². The number of nitrogens with two attached hydrogens (primary N) is 1. The fourth-order valence-corrected chi connectivity index (χ4v) is 5.38. The summed E-state index contributed by atoms with van der Waals surface area (Å²) in [5, 5.41) is 3.30. The number of carbonyl (C=O) groups excluding carboxylic acids is 1. The predicted molar refractivity (Wildman–Crippen MR) is 79.7 cm³/mol. The van der Waals surface area contributed by atoms with Gasteiger partial charge in [0.05, 0.1) is 6.10 Å². The summed E-state index contributed by atoms with van der Waals surface area (Å²) in [7, 11) is 0. The Labute approximate surface area is 126 Å². The highest BCUT2D eigenvalue weighted by Crippen LogP contribution is 2.58. The number of nitrogens with zero attached hydrogens (tertiary/aromatic N) is 1. The standard InChI is InChI=1S/C16H27N3O2/c1-15(2)13-10(6-9-21-13)16(15,17)14(20)18-11-5-8-19-7-3-4-12(11)19/h10-13H,3-9,17H2,1-2H3,(H,18,20). The Morgan fingerprint density at radius 2 is 2.10 bits per heavy atom. The zero-order valence-electron chi connectivity index (χ0n) is 13.1. The van der Waals surface area contributed by atoms with Crippen molar-refractivity contribution in [2.45, 2.75) is 63.3 Å². The maximum absolute atomic E-state index is 12.9. The second-order valence-corrected chi connectivity index (χ2v) is 7.89. The molecule has 5 atom stereocenters. The topological polar surface area (TPSA) is 67.6 Å². The van der Waals surface area contributed by atoms with Crippen LogP contribution in [0.1, 0.15) is 39.5 Å². The average Bonchev–Trinajstić information content (AvgIpc) is 3.14. The van der Waals surface area contributed by atoms with Crippen LogP contribution in [0.2, 0.25) is 0 Å². The first-order chi connectivity index (χ1) is 9.96. The van der Waals surface area contributed by atoms with Gasteiger partial charge in [-0.15, -0.1) is 0 Å². The Bertz CT molecular complexity index is 466. The summed E-state index contributed by atoms with van der Waals surface area (Å²) in [6.07, 6.45) is 4.60. The van der Waals surface area contributed by atoms with Gasteiger partial charge in [0.1, 0.15) is 5.54 Å². The molecule has 21 heavy (non-hydrogen) atoms. The van der Waals surface area contributed by atoms with Gasteiger partial charge in [-0.2, -0.15) is 0 Å². The normalized spacial score (nSPS) is 47.8. The number of amides is 1. The molecule has 0 aromatic carbocycles. The first kappa shape index (κ1) is 14.0. The summed E-state index contributed by atoms with van der Waals surface area (Å²) in [6, 6.07) is 0.828. The molecule has 1 saturated carbocycles. The Morgan fingerprint density at radius 3 is 2.90 bits per heavy atom. The van der Waals surface area contributed by atoms with Gasteiger partial charge in [0.2, 0.25) is 5.91 Å². The molecular formula is C16H27N3O2. The first-order valence-corrected chi connectivity index (χ1v) is 8.42. The van der Waals surface area contributed by atoms with Crippen LogP contribution in [0.4, 0.5) is 0 Å². The molecule has 0 aromatic rings. The van der Waals surface area contributed by atoms with Crippen molar-refractivity contribution in [1.82, 2.24) is 10.2 Å². The lowest BCUT2D eigenvalue weighted by Crippen LogP contribution is -2.80. The SMILES string of the molecule is CC1(C)C2OCCC2C1(N)C(=O)NC1CCN2CCCC12. The minimum Gasteiger partial charge on any atom is -0.377 e. The molecule has 1 aliphatic carbocycles. The maximum Gasteiger partial charge on any atom is 0.241 e. The van der Waals surface area contributed by atoms with Crippen LogP contribution < -0.4 is 11.1 Å². The number of fused-ring (bicyclic) bond motifs is 2. The molecule has 3 aliphatic heterocycles. The van der Waals surface area contributed by atoms with Gasteiger partial charge < -0.3 is 15.8 Å². The molecular weight excluding hydrogens is 266 g/mol. The molecule has 0 spiro atoms. The van der Waals surface area contributed by atoms with E-state index in [1.54, 1.807) is 0 Å². The molecule has 5 unspecified atom stereocenters.